The average molecular weight is 193 g/mol. The standard InChI is InChI=1S/C7H9F2NO3/c1-10(4-5(8)9)6(11)2-3-7(12)13/h2-3,5H,4H2,1H3,(H,12,13)/b3-2+. The van der Waals surface area contributed by atoms with Gasteiger partial charge in [-0.1, -0.05) is 0 Å². The van der Waals surface area contributed by atoms with Gasteiger partial charge in [-0.2, -0.15) is 0 Å². The predicted octanol–water partition coefficient (Wildman–Crippen LogP) is 0.351. The van der Waals surface area contributed by atoms with Gasteiger partial charge in [-0.3, -0.25) is 4.79 Å². The first-order valence-electron chi connectivity index (χ1n) is 3.37. The second-order valence-electron chi connectivity index (χ2n) is 2.28. The monoisotopic (exact) mass is 193 g/mol. The van der Waals surface area contributed by atoms with Gasteiger partial charge < -0.3 is 10.0 Å². The molecule has 1 amide bonds. The number of rotatable bonds is 4. The molecular formula is C7H9F2NO3. The average Bonchev–Trinajstić information content (AvgIpc) is 1.98. The van der Waals surface area contributed by atoms with Gasteiger partial charge in [0, 0.05) is 19.2 Å². The SMILES string of the molecule is CN(CC(F)F)C(=O)/C=C/C(=O)O. The minimum atomic E-state index is -2.62. The highest BCUT2D eigenvalue weighted by Crippen LogP contribution is 1.96. The smallest absolute Gasteiger partial charge is 0.328 e. The Bertz CT molecular complexity index is 228. The summed E-state index contributed by atoms with van der Waals surface area (Å²) in [6, 6.07) is 0. The lowest BCUT2D eigenvalue weighted by Gasteiger charge is -2.13. The number of amides is 1. The summed E-state index contributed by atoms with van der Waals surface area (Å²) in [7, 11) is 1.17. The second kappa shape index (κ2) is 5.23. The summed E-state index contributed by atoms with van der Waals surface area (Å²) in [5.74, 6) is -2.05. The van der Waals surface area contributed by atoms with Crippen LogP contribution in [0.5, 0.6) is 0 Å². The van der Waals surface area contributed by atoms with Crippen molar-refractivity contribution in [3.63, 3.8) is 0 Å². The van der Waals surface area contributed by atoms with Gasteiger partial charge in [0.05, 0.1) is 6.54 Å². The number of nitrogens with zero attached hydrogens (tertiary/aromatic N) is 1. The first kappa shape index (κ1) is 11.5. The van der Waals surface area contributed by atoms with Crippen LogP contribution >= 0.6 is 0 Å². The molecule has 4 nitrogen and oxygen atoms in total. The van der Waals surface area contributed by atoms with Crippen molar-refractivity contribution in [1.29, 1.82) is 0 Å². The Kier molecular flexibility index (Phi) is 4.64. The molecule has 0 saturated heterocycles. The van der Waals surface area contributed by atoms with Crippen LogP contribution in [0.4, 0.5) is 8.78 Å². The van der Waals surface area contributed by atoms with Gasteiger partial charge in [-0.15, -0.1) is 0 Å². The zero-order valence-corrected chi connectivity index (χ0v) is 6.91. The van der Waals surface area contributed by atoms with Crippen molar-refractivity contribution in [3.05, 3.63) is 12.2 Å². The molecule has 0 aliphatic rings. The fourth-order valence-electron chi connectivity index (χ4n) is 0.567. The maximum absolute atomic E-state index is 11.7. The molecule has 0 atom stereocenters. The Balaban J connectivity index is 4.03. The molecule has 6 heteroatoms. The van der Waals surface area contributed by atoms with E-state index in [2.05, 4.69) is 0 Å². The highest BCUT2D eigenvalue weighted by Gasteiger charge is 2.11. The highest BCUT2D eigenvalue weighted by atomic mass is 19.3. The number of carbonyl (C=O) groups is 2. The molecule has 0 radical (unpaired) electrons. The summed E-state index contributed by atoms with van der Waals surface area (Å²) in [4.78, 5) is 21.5. The van der Waals surface area contributed by atoms with E-state index in [1.165, 1.54) is 7.05 Å². The molecule has 0 aromatic rings. The lowest BCUT2D eigenvalue weighted by molar-refractivity contribution is -0.132. The number of carboxylic acid groups (broad SMARTS) is 1. The van der Waals surface area contributed by atoms with Crippen molar-refractivity contribution in [2.75, 3.05) is 13.6 Å². The Labute approximate surface area is 73.4 Å². The zero-order valence-electron chi connectivity index (χ0n) is 6.91. The lowest BCUT2D eigenvalue weighted by Crippen LogP contribution is -2.29. The second-order valence-corrected chi connectivity index (χ2v) is 2.28. The fourth-order valence-corrected chi connectivity index (χ4v) is 0.567. The van der Waals surface area contributed by atoms with Crippen LogP contribution in [0.15, 0.2) is 12.2 Å². The molecule has 0 aliphatic carbocycles. The van der Waals surface area contributed by atoms with Crippen molar-refractivity contribution in [3.8, 4) is 0 Å². The molecule has 0 unspecified atom stereocenters. The van der Waals surface area contributed by atoms with Crippen molar-refractivity contribution >= 4 is 11.9 Å². The summed E-state index contributed by atoms with van der Waals surface area (Å²) in [6.45, 7) is -0.706. The summed E-state index contributed by atoms with van der Waals surface area (Å²) in [5.41, 5.74) is 0. The number of likely N-dealkylation sites (N-methyl/N-ethyl adjacent to an activating group) is 1. The number of hydrogen-bond donors (Lipinski definition) is 1. The number of hydrogen-bond acceptors (Lipinski definition) is 2. The summed E-state index contributed by atoms with van der Waals surface area (Å²) >= 11 is 0. The number of carbonyl (C=O) groups excluding carboxylic acids is 1. The van der Waals surface area contributed by atoms with Crippen LogP contribution in [0.3, 0.4) is 0 Å². The van der Waals surface area contributed by atoms with Gasteiger partial charge in [0.2, 0.25) is 5.91 Å². The van der Waals surface area contributed by atoms with E-state index in [4.69, 9.17) is 5.11 Å². The molecular weight excluding hydrogens is 184 g/mol. The molecule has 0 rings (SSSR count). The minimum absolute atomic E-state index is 0.601. The van der Waals surface area contributed by atoms with Crippen molar-refractivity contribution < 1.29 is 23.5 Å². The Hall–Kier alpha value is -1.46. The van der Waals surface area contributed by atoms with E-state index in [1.54, 1.807) is 0 Å². The Morgan fingerprint density at radius 3 is 2.38 bits per heavy atom. The maximum atomic E-state index is 11.7. The molecule has 0 spiro atoms. The third kappa shape index (κ3) is 5.77. The summed E-state index contributed by atoms with van der Waals surface area (Å²) in [5, 5.41) is 8.12. The predicted molar refractivity (Wildman–Crippen MR) is 40.4 cm³/mol. The van der Waals surface area contributed by atoms with E-state index in [-0.39, 0.29) is 0 Å². The molecule has 13 heavy (non-hydrogen) atoms. The normalized spacial score (nSPS) is 10.8. The van der Waals surface area contributed by atoms with E-state index >= 15 is 0 Å². The van der Waals surface area contributed by atoms with E-state index in [0.717, 1.165) is 11.0 Å². The Morgan fingerprint density at radius 2 is 2.00 bits per heavy atom. The van der Waals surface area contributed by atoms with Crippen LogP contribution in [0.2, 0.25) is 0 Å². The molecule has 74 valence electrons. The van der Waals surface area contributed by atoms with Crippen LogP contribution in [0.1, 0.15) is 0 Å². The molecule has 0 bridgehead atoms. The van der Waals surface area contributed by atoms with Gasteiger partial charge >= 0.3 is 5.97 Å². The first-order chi connectivity index (χ1) is 5.93. The molecule has 0 fully saturated rings. The number of aliphatic carboxylic acids is 1. The Morgan fingerprint density at radius 1 is 1.46 bits per heavy atom. The van der Waals surface area contributed by atoms with Crippen molar-refractivity contribution in [1.82, 2.24) is 4.90 Å². The molecule has 0 aliphatic heterocycles. The number of carboxylic acids is 1. The molecule has 1 N–H and O–H groups in total. The quantitative estimate of drug-likeness (QED) is 0.655. The topological polar surface area (TPSA) is 57.6 Å². The lowest BCUT2D eigenvalue weighted by atomic mass is 10.4. The molecule has 0 heterocycles. The van der Waals surface area contributed by atoms with Crippen LogP contribution in [-0.4, -0.2) is 41.9 Å². The van der Waals surface area contributed by atoms with Crippen LogP contribution in [-0.2, 0) is 9.59 Å². The van der Waals surface area contributed by atoms with E-state index < -0.39 is 24.8 Å². The van der Waals surface area contributed by atoms with E-state index in [0.29, 0.717) is 6.08 Å². The fraction of sp³-hybridized carbons (Fsp3) is 0.429. The van der Waals surface area contributed by atoms with Gasteiger partial charge in [-0.25, -0.2) is 13.6 Å². The minimum Gasteiger partial charge on any atom is -0.478 e. The van der Waals surface area contributed by atoms with Gasteiger partial charge in [0.25, 0.3) is 6.43 Å². The number of alkyl halides is 2. The van der Waals surface area contributed by atoms with Gasteiger partial charge in [0.1, 0.15) is 0 Å². The summed E-state index contributed by atoms with van der Waals surface area (Å²) < 4.78 is 23.4. The van der Waals surface area contributed by atoms with E-state index in [1.807, 2.05) is 0 Å². The van der Waals surface area contributed by atoms with Gasteiger partial charge in [0.15, 0.2) is 0 Å². The van der Waals surface area contributed by atoms with Crippen molar-refractivity contribution in [2.45, 2.75) is 6.43 Å². The van der Waals surface area contributed by atoms with Crippen molar-refractivity contribution in [2.24, 2.45) is 0 Å². The third-order valence-corrected chi connectivity index (χ3v) is 1.16. The van der Waals surface area contributed by atoms with E-state index in [9.17, 15) is 18.4 Å². The molecule has 0 aromatic heterocycles. The summed E-state index contributed by atoms with van der Waals surface area (Å²) in [6.07, 6.45) is -1.29. The number of halogens is 2. The zero-order chi connectivity index (χ0) is 10.4. The maximum Gasteiger partial charge on any atom is 0.328 e. The largest absolute Gasteiger partial charge is 0.478 e. The molecule has 0 aromatic carbocycles. The highest BCUT2D eigenvalue weighted by molar-refractivity contribution is 5.93. The van der Waals surface area contributed by atoms with Gasteiger partial charge in [-0.05, 0) is 0 Å². The first-order valence-corrected chi connectivity index (χ1v) is 3.37. The van der Waals surface area contributed by atoms with Crippen LogP contribution in [0, 0.1) is 0 Å². The molecule has 0 saturated carbocycles. The van der Waals surface area contributed by atoms with Crippen LogP contribution < -0.4 is 0 Å². The third-order valence-electron chi connectivity index (χ3n) is 1.16. The van der Waals surface area contributed by atoms with Crippen LogP contribution in [0.25, 0.3) is 0 Å².